The third-order valence-electron chi connectivity index (χ3n) is 5.40. The Morgan fingerprint density at radius 2 is 1.88 bits per heavy atom. The Morgan fingerprint density at radius 3 is 2.64 bits per heavy atom. The van der Waals surface area contributed by atoms with Crippen LogP contribution < -0.4 is 16.6 Å². The van der Waals surface area contributed by atoms with E-state index in [2.05, 4.69) is 20.3 Å². The monoisotopic (exact) mass is 455 g/mol. The minimum Gasteiger partial charge on any atom is -0.368 e. The SMILES string of the molecule is Cc1cccc2nc([C@@H](C)Nc3nc(N)ncc3-c3cscn3)n(-c3ccccc3)c(=O)c12. The number of hydrogen-bond acceptors (Lipinski definition) is 8. The van der Waals surface area contributed by atoms with Gasteiger partial charge >= 0.3 is 0 Å². The number of thiazole rings is 1. The molecule has 3 aromatic heterocycles. The van der Waals surface area contributed by atoms with Crippen LogP contribution >= 0.6 is 11.3 Å². The number of nitrogens with one attached hydrogen (secondary N) is 1. The molecule has 0 fully saturated rings. The molecule has 5 rings (SSSR count). The molecule has 0 radical (unpaired) electrons. The lowest BCUT2D eigenvalue weighted by Crippen LogP contribution is -2.28. The number of aryl methyl sites for hydroxylation is 1. The number of fused-ring (bicyclic) bond motifs is 1. The van der Waals surface area contributed by atoms with E-state index < -0.39 is 0 Å². The maximum absolute atomic E-state index is 13.7. The lowest BCUT2D eigenvalue weighted by Gasteiger charge is -2.21. The van der Waals surface area contributed by atoms with E-state index in [0.29, 0.717) is 22.5 Å². The van der Waals surface area contributed by atoms with Gasteiger partial charge < -0.3 is 11.1 Å². The van der Waals surface area contributed by atoms with Gasteiger partial charge in [-0.25, -0.2) is 15.0 Å². The average molecular weight is 456 g/mol. The van der Waals surface area contributed by atoms with Gasteiger partial charge in [0.15, 0.2) is 0 Å². The van der Waals surface area contributed by atoms with Crippen molar-refractivity contribution < 1.29 is 0 Å². The van der Waals surface area contributed by atoms with Crippen molar-refractivity contribution in [3.63, 3.8) is 0 Å². The van der Waals surface area contributed by atoms with Crippen molar-refractivity contribution in [2.24, 2.45) is 0 Å². The summed E-state index contributed by atoms with van der Waals surface area (Å²) in [7, 11) is 0. The minimum atomic E-state index is -0.380. The van der Waals surface area contributed by atoms with Gasteiger partial charge in [-0.1, -0.05) is 30.3 Å². The highest BCUT2D eigenvalue weighted by atomic mass is 32.1. The van der Waals surface area contributed by atoms with E-state index in [-0.39, 0.29) is 17.5 Å². The van der Waals surface area contributed by atoms with Crippen molar-refractivity contribution in [3.05, 3.63) is 87.4 Å². The van der Waals surface area contributed by atoms with Crippen LogP contribution in [-0.2, 0) is 0 Å². The van der Waals surface area contributed by atoms with Crippen LogP contribution in [0.4, 0.5) is 11.8 Å². The van der Waals surface area contributed by atoms with Crippen LogP contribution in [0.5, 0.6) is 0 Å². The molecule has 0 unspecified atom stereocenters. The van der Waals surface area contributed by atoms with E-state index in [0.717, 1.165) is 22.5 Å². The number of para-hydroxylation sites is 1. The fourth-order valence-electron chi connectivity index (χ4n) is 3.84. The van der Waals surface area contributed by atoms with Gasteiger partial charge in [0.2, 0.25) is 5.95 Å². The number of hydrogen-bond donors (Lipinski definition) is 2. The van der Waals surface area contributed by atoms with Gasteiger partial charge in [0.05, 0.1) is 39.4 Å². The zero-order chi connectivity index (χ0) is 22.9. The molecule has 3 heterocycles. The van der Waals surface area contributed by atoms with E-state index in [1.54, 1.807) is 16.3 Å². The number of aromatic nitrogens is 5. The van der Waals surface area contributed by atoms with Crippen molar-refractivity contribution in [1.82, 2.24) is 24.5 Å². The van der Waals surface area contributed by atoms with Crippen LogP contribution in [0, 0.1) is 6.92 Å². The summed E-state index contributed by atoms with van der Waals surface area (Å²) >= 11 is 1.48. The molecule has 0 amide bonds. The third-order valence-corrected chi connectivity index (χ3v) is 5.99. The Morgan fingerprint density at radius 1 is 1.06 bits per heavy atom. The Bertz CT molecular complexity index is 1500. The van der Waals surface area contributed by atoms with Gasteiger partial charge in [-0.05, 0) is 37.6 Å². The lowest BCUT2D eigenvalue weighted by atomic mass is 10.1. The number of nitrogens with two attached hydrogens (primary N) is 1. The highest BCUT2D eigenvalue weighted by Crippen LogP contribution is 2.29. The second kappa shape index (κ2) is 8.44. The Labute approximate surface area is 193 Å². The summed E-state index contributed by atoms with van der Waals surface area (Å²) in [5.41, 5.74) is 11.3. The molecule has 3 N–H and O–H groups in total. The molecule has 0 aliphatic heterocycles. The summed E-state index contributed by atoms with van der Waals surface area (Å²) in [6, 6.07) is 14.8. The molecule has 1 atom stereocenters. The van der Waals surface area contributed by atoms with Crippen LogP contribution in [0.15, 0.2) is 70.4 Å². The fourth-order valence-corrected chi connectivity index (χ4v) is 4.39. The van der Waals surface area contributed by atoms with E-state index in [1.165, 1.54) is 11.3 Å². The maximum Gasteiger partial charge on any atom is 0.266 e. The molecular formula is C24H21N7OS. The molecule has 8 nitrogen and oxygen atoms in total. The standard InChI is InChI=1S/C24H21N7OS/c1-14-7-6-10-18-20(14)23(32)31(16-8-4-3-5-9-16)22(29-18)15(2)28-21-17(11-26-24(25)30-21)19-12-33-13-27-19/h3-13,15H,1-2H3,(H3,25,26,28,30)/t15-/m1/s1. The molecule has 33 heavy (non-hydrogen) atoms. The molecule has 9 heteroatoms. The van der Waals surface area contributed by atoms with Crippen LogP contribution in [-0.4, -0.2) is 24.5 Å². The van der Waals surface area contributed by atoms with E-state index in [1.807, 2.05) is 67.8 Å². The van der Waals surface area contributed by atoms with E-state index >= 15 is 0 Å². The zero-order valence-electron chi connectivity index (χ0n) is 18.1. The van der Waals surface area contributed by atoms with Gasteiger partial charge in [-0.15, -0.1) is 11.3 Å². The third kappa shape index (κ3) is 3.83. The van der Waals surface area contributed by atoms with Gasteiger partial charge in [0, 0.05) is 11.6 Å². The molecule has 5 aromatic rings. The molecule has 0 aliphatic rings. The summed E-state index contributed by atoms with van der Waals surface area (Å²) in [6.45, 7) is 3.86. The Hall–Kier alpha value is -4.11. The summed E-state index contributed by atoms with van der Waals surface area (Å²) in [5, 5.41) is 5.91. The first-order chi connectivity index (χ1) is 16.0. The predicted molar refractivity (Wildman–Crippen MR) is 132 cm³/mol. The number of nitrogen functional groups attached to an aromatic ring is 1. The summed E-state index contributed by atoms with van der Waals surface area (Å²) in [4.78, 5) is 31.5. The quantitative estimate of drug-likeness (QED) is 0.405. The van der Waals surface area contributed by atoms with Crippen LogP contribution in [0.1, 0.15) is 24.4 Å². The van der Waals surface area contributed by atoms with Gasteiger partial charge in [0.25, 0.3) is 5.56 Å². The molecular weight excluding hydrogens is 434 g/mol. The maximum atomic E-state index is 13.7. The van der Waals surface area contributed by atoms with Crippen LogP contribution in [0.25, 0.3) is 27.8 Å². The van der Waals surface area contributed by atoms with Crippen molar-refractivity contribution in [3.8, 4) is 16.9 Å². The molecule has 164 valence electrons. The predicted octanol–water partition coefficient (Wildman–Crippen LogP) is 4.36. The topological polar surface area (TPSA) is 112 Å². The number of anilines is 2. The summed E-state index contributed by atoms with van der Waals surface area (Å²) in [5.74, 6) is 1.23. The molecule has 0 saturated carbocycles. The zero-order valence-corrected chi connectivity index (χ0v) is 18.9. The first kappa shape index (κ1) is 20.8. The second-order valence-electron chi connectivity index (χ2n) is 7.65. The van der Waals surface area contributed by atoms with Gasteiger partial charge in [-0.2, -0.15) is 4.98 Å². The van der Waals surface area contributed by atoms with E-state index in [4.69, 9.17) is 10.7 Å². The lowest BCUT2D eigenvalue weighted by molar-refractivity contribution is 0.731. The van der Waals surface area contributed by atoms with Gasteiger partial charge in [-0.3, -0.25) is 9.36 Å². The van der Waals surface area contributed by atoms with Crippen LogP contribution in [0.3, 0.4) is 0 Å². The molecule has 2 aromatic carbocycles. The first-order valence-corrected chi connectivity index (χ1v) is 11.3. The van der Waals surface area contributed by atoms with E-state index in [9.17, 15) is 4.79 Å². The molecule has 0 spiro atoms. The normalized spacial score (nSPS) is 12.1. The number of rotatable bonds is 5. The summed E-state index contributed by atoms with van der Waals surface area (Å²) < 4.78 is 1.65. The second-order valence-corrected chi connectivity index (χ2v) is 8.36. The Balaban J connectivity index is 1.68. The highest BCUT2D eigenvalue weighted by Gasteiger charge is 2.21. The first-order valence-electron chi connectivity index (χ1n) is 10.4. The number of benzene rings is 2. The van der Waals surface area contributed by atoms with Crippen molar-refractivity contribution in [2.75, 3.05) is 11.1 Å². The van der Waals surface area contributed by atoms with Crippen molar-refractivity contribution >= 4 is 34.0 Å². The number of nitrogens with zero attached hydrogens (tertiary/aromatic N) is 5. The Kier molecular flexibility index (Phi) is 5.31. The highest BCUT2D eigenvalue weighted by molar-refractivity contribution is 7.07. The van der Waals surface area contributed by atoms with Crippen molar-refractivity contribution in [2.45, 2.75) is 19.9 Å². The van der Waals surface area contributed by atoms with Gasteiger partial charge in [0.1, 0.15) is 11.6 Å². The molecule has 0 saturated heterocycles. The molecule has 0 bridgehead atoms. The largest absolute Gasteiger partial charge is 0.368 e. The molecule has 0 aliphatic carbocycles. The van der Waals surface area contributed by atoms with Crippen LogP contribution in [0.2, 0.25) is 0 Å². The average Bonchev–Trinajstić information content (AvgIpc) is 3.34. The fraction of sp³-hybridized carbons (Fsp3) is 0.125. The summed E-state index contributed by atoms with van der Waals surface area (Å²) in [6.07, 6.45) is 1.65. The minimum absolute atomic E-state index is 0.116. The van der Waals surface area contributed by atoms with Crippen molar-refractivity contribution in [1.29, 1.82) is 0 Å². The smallest absolute Gasteiger partial charge is 0.266 e.